The van der Waals surface area contributed by atoms with Crippen LogP contribution in [-0.4, -0.2) is 30.8 Å². The summed E-state index contributed by atoms with van der Waals surface area (Å²) in [5.74, 6) is 0.225. The number of hydrogen-bond donors (Lipinski definition) is 1. The maximum absolute atomic E-state index is 10.5. The average molecular weight is 263 g/mol. The van der Waals surface area contributed by atoms with Crippen molar-refractivity contribution in [2.24, 2.45) is 0 Å². The number of aliphatic carboxylic acids is 1. The Kier molecular flexibility index (Phi) is 4.30. The van der Waals surface area contributed by atoms with Gasteiger partial charge in [0.15, 0.2) is 0 Å². The number of hydrogen-bond acceptors (Lipinski definition) is 3. The minimum atomic E-state index is -0.715. The number of rotatable bonds is 5. The highest BCUT2D eigenvalue weighted by atomic mass is 16.5. The van der Waals surface area contributed by atoms with Gasteiger partial charge in [-0.2, -0.15) is 0 Å². The van der Waals surface area contributed by atoms with Crippen LogP contribution in [0.25, 0.3) is 0 Å². The lowest BCUT2D eigenvalue weighted by Gasteiger charge is -2.32. The first kappa shape index (κ1) is 13.7. The first-order valence-corrected chi connectivity index (χ1v) is 6.79. The van der Waals surface area contributed by atoms with E-state index in [0.717, 1.165) is 37.2 Å². The van der Waals surface area contributed by atoms with Crippen molar-refractivity contribution >= 4 is 11.7 Å². The van der Waals surface area contributed by atoms with E-state index in [4.69, 9.17) is 9.84 Å². The largest absolute Gasteiger partial charge is 0.487 e. The fourth-order valence-electron chi connectivity index (χ4n) is 2.46. The Labute approximate surface area is 114 Å². The molecule has 19 heavy (non-hydrogen) atoms. The van der Waals surface area contributed by atoms with Gasteiger partial charge in [-0.05, 0) is 43.9 Å². The minimum Gasteiger partial charge on any atom is -0.487 e. The number of benzene rings is 1. The van der Waals surface area contributed by atoms with Crippen LogP contribution in [0.3, 0.4) is 0 Å². The van der Waals surface area contributed by atoms with Crippen molar-refractivity contribution in [1.82, 2.24) is 0 Å². The van der Waals surface area contributed by atoms with E-state index in [1.165, 1.54) is 5.56 Å². The van der Waals surface area contributed by atoms with E-state index in [-0.39, 0.29) is 12.5 Å². The van der Waals surface area contributed by atoms with E-state index in [2.05, 4.69) is 31.0 Å². The molecule has 4 heteroatoms. The molecule has 0 bridgehead atoms. The second-order valence-corrected chi connectivity index (χ2v) is 5.21. The molecule has 0 amide bonds. The Morgan fingerprint density at radius 1 is 1.47 bits per heavy atom. The fraction of sp³-hybridized carbons (Fsp3) is 0.533. The third-order valence-corrected chi connectivity index (χ3v) is 3.40. The number of carbonyl (C=O) groups is 1. The Hall–Kier alpha value is -1.71. The highest BCUT2D eigenvalue weighted by molar-refractivity contribution is 5.66. The summed E-state index contributed by atoms with van der Waals surface area (Å²) < 4.78 is 5.79. The Morgan fingerprint density at radius 3 is 3.00 bits per heavy atom. The number of carboxylic acid groups (broad SMARTS) is 1. The molecule has 4 nitrogen and oxygen atoms in total. The van der Waals surface area contributed by atoms with Gasteiger partial charge in [-0.25, -0.2) is 0 Å². The van der Waals surface area contributed by atoms with E-state index in [1.807, 2.05) is 6.07 Å². The van der Waals surface area contributed by atoms with Gasteiger partial charge in [-0.3, -0.25) is 4.79 Å². The van der Waals surface area contributed by atoms with E-state index < -0.39 is 5.97 Å². The highest BCUT2D eigenvalue weighted by Crippen LogP contribution is 2.33. The number of aryl methyl sites for hydroxylation is 1. The number of unbranched alkanes of at least 4 members (excludes halogenated alkanes) is 1. The van der Waals surface area contributed by atoms with Crippen molar-refractivity contribution in [3.63, 3.8) is 0 Å². The van der Waals surface area contributed by atoms with Gasteiger partial charge in [0, 0.05) is 13.5 Å². The molecule has 1 N–H and O–H groups in total. The first-order valence-electron chi connectivity index (χ1n) is 6.79. The normalized spacial score (nSPS) is 17.8. The molecule has 1 heterocycles. The quantitative estimate of drug-likeness (QED) is 0.830. The zero-order valence-electron chi connectivity index (χ0n) is 11.6. The first-order chi connectivity index (χ1) is 9.06. The van der Waals surface area contributed by atoms with Crippen LogP contribution in [0.2, 0.25) is 0 Å². The smallest absolute Gasteiger partial charge is 0.303 e. The van der Waals surface area contributed by atoms with Crippen LogP contribution >= 0.6 is 0 Å². The summed E-state index contributed by atoms with van der Waals surface area (Å²) in [4.78, 5) is 12.7. The number of nitrogens with zero attached hydrogens (tertiary/aromatic N) is 1. The SMILES string of the molecule is CC1CN(C)c2cc(CCCCC(=O)O)ccc2O1. The molecule has 1 aliphatic rings. The van der Waals surface area contributed by atoms with Crippen molar-refractivity contribution < 1.29 is 14.6 Å². The van der Waals surface area contributed by atoms with Crippen LogP contribution in [0.5, 0.6) is 5.75 Å². The van der Waals surface area contributed by atoms with Crippen molar-refractivity contribution in [3.05, 3.63) is 23.8 Å². The molecule has 0 aromatic heterocycles. The summed E-state index contributed by atoms with van der Waals surface area (Å²) >= 11 is 0. The minimum absolute atomic E-state index is 0.221. The van der Waals surface area contributed by atoms with Crippen LogP contribution in [0.4, 0.5) is 5.69 Å². The van der Waals surface area contributed by atoms with Crippen LogP contribution in [0, 0.1) is 0 Å². The number of anilines is 1. The Morgan fingerprint density at radius 2 is 2.26 bits per heavy atom. The predicted molar refractivity (Wildman–Crippen MR) is 75.0 cm³/mol. The molecule has 1 aromatic carbocycles. The predicted octanol–water partition coefficient (Wildman–Crippen LogP) is 2.70. The molecule has 1 atom stereocenters. The van der Waals surface area contributed by atoms with Gasteiger partial charge in [0.1, 0.15) is 11.9 Å². The molecule has 0 fully saturated rings. The average Bonchev–Trinajstić information content (AvgIpc) is 2.35. The number of ether oxygens (including phenoxy) is 1. The van der Waals surface area contributed by atoms with E-state index in [1.54, 1.807) is 0 Å². The van der Waals surface area contributed by atoms with Crippen LogP contribution in [0.15, 0.2) is 18.2 Å². The molecule has 2 rings (SSSR count). The molecular weight excluding hydrogens is 242 g/mol. The summed E-state index contributed by atoms with van der Waals surface area (Å²) in [7, 11) is 2.08. The van der Waals surface area contributed by atoms with Gasteiger partial charge in [0.25, 0.3) is 0 Å². The van der Waals surface area contributed by atoms with Gasteiger partial charge in [0.2, 0.25) is 0 Å². The van der Waals surface area contributed by atoms with Gasteiger partial charge in [-0.1, -0.05) is 6.07 Å². The molecular formula is C15H21NO3. The van der Waals surface area contributed by atoms with E-state index in [0.29, 0.717) is 0 Å². The lowest BCUT2D eigenvalue weighted by atomic mass is 10.0. The number of likely N-dealkylation sites (N-methyl/N-ethyl adjacent to an activating group) is 1. The van der Waals surface area contributed by atoms with Crippen LogP contribution < -0.4 is 9.64 Å². The molecule has 0 aliphatic carbocycles. The third-order valence-electron chi connectivity index (χ3n) is 3.40. The molecule has 0 spiro atoms. The standard InChI is InChI=1S/C15H21NO3/c1-11-10-16(2)13-9-12(7-8-14(13)19-11)5-3-4-6-15(17)18/h7-9,11H,3-6,10H2,1-2H3,(H,17,18). The summed E-state index contributed by atoms with van der Waals surface area (Å²) in [6.45, 7) is 2.97. The summed E-state index contributed by atoms with van der Waals surface area (Å²) in [6, 6.07) is 6.25. The zero-order valence-corrected chi connectivity index (χ0v) is 11.6. The van der Waals surface area contributed by atoms with Crippen molar-refractivity contribution in [1.29, 1.82) is 0 Å². The van der Waals surface area contributed by atoms with Crippen LogP contribution in [0.1, 0.15) is 31.7 Å². The molecule has 1 aromatic rings. The van der Waals surface area contributed by atoms with Crippen molar-refractivity contribution in [2.75, 3.05) is 18.5 Å². The molecule has 0 saturated heterocycles. The number of fused-ring (bicyclic) bond motifs is 1. The van der Waals surface area contributed by atoms with E-state index >= 15 is 0 Å². The lowest BCUT2D eigenvalue weighted by Crippen LogP contribution is -2.35. The molecule has 104 valence electrons. The Bertz CT molecular complexity index is 459. The summed E-state index contributed by atoms with van der Waals surface area (Å²) in [5, 5.41) is 8.61. The van der Waals surface area contributed by atoms with Crippen LogP contribution in [-0.2, 0) is 11.2 Å². The molecule has 1 aliphatic heterocycles. The molecule has 0 saturated carbocycles. The van der Waals surface area contributed by atoms with Crippen molar-refractivity contribution in [2.45, 2.75) is 38.7 Å². The summed E-state index contributed by atoms with van der Waals surface area (Å²) in [5.41, 5.74) is 2.38. The van der Waals surface area contributed by atoms with Gasteiger partial charge < -0.3 is 14.7 Å². The third kappa shape index (κ3) is 3.63. The molecule has 0 radical (unpaired) electrons. The molecule has 1 unspecified atom stereocenters. The van der Waals surface area contributed by atoms with Crippen molar-refractivity contribution in [3.8, 4) is 5.75 Å². The van der Waals surface area contributed by atoms with E-state index in [9.17, 15) is 4.79 Å². The van der Waals surface area contributed by atoms with Gasteiger partial charge >= 0.3 is 5.97 Å². The zero-order chi connectivity index (χ0) is 13.8. The van der Waals surface area contributed by atoms with Gasteiger partial charge in [0.05, 0.1) is 12.2 Å². The lowest BCUT2D eigenvalue weighted by molar-refractivity contribution is -0.137. The topological polar surface area (TPSA) is 49.8 Å². The highest BCUT2D eigenvalue weighted by Gasteiger charge is 2.20. The summed E-state index contributed by atoms with van der Waals surface area (Å²) in [6.07, 6.45) is 3.04. The second-order valence-electron chi connectivity index (χ2n) is 5.21. The maximum Gasteiger partial charge on any atom is 0.303 e. The maximum atomic E-state index is 10.5. The Balaban J connectivity index is 1.97. The number of carboxylic acids is 1. The monoisotopic (exact) mass is 263 g/mol. The van der Waals surface area contributed by atoms with Gasteiger partial charge in [-0.15, -0.1) is 0 Å². The fourth-order valence-corrected chi connectivity index (χ4v) is 2.46. The second kappa shape index (κ2) is 5.95.